The van der Waals surface area contributed by atoms with Crippen LogP contribution in [0.2, 0.25) is 0 Å². The zero-order valence-electron chi connectivity index (χ0n) is 11.6. The SMILES string of the molecule is O=C(Nc1ccc(O)cc1)Nc1cnn(-c2ccccc2)c1. The van der Waals surface area contributed by atoms with Crippen molar-refractivity contribution in [3.8, 4) is 11.4 Å². The van der Waals surface area contributed by atoms with Crippen LogP contribution < -0.4 is 10.6 Å². The molecule has 0 bridgehead atoms. The highest BCUT2D eigenvalue weighted by Crippen LogP contribution is 2.15. The first-order valence-corrected chi connectivity index (χ1v) is 6.68. The number of amides is 2. The monoisotopic (exact) mass is 294 g/mol. The summed E-state index contributed by atoms with van der Waals surface area (Å²) in [5, 5.41) is 18.8. The Morgan fingerprint density at radius 1 is 0.955 bits per heavy atom. The van der Waals surface area contributed by atoms with E-state index < -0.39 is 0 Å². The molecule has 1 heterocycles. The summed E-state index contributed by atoms with van der Waals surface area (Å²) in [7, 11) is 0. The molecule has 0 saturated carbocycles. The number of urea groups is 1. The molecular formula is C16H14N4O2. The summed E-state index contributed by atoms with van der Waals surface area (Å²) < 4.78 is 1.68. The van der Waals surface area contributed by atoms with Crippen LogP contribution in [0.3, 0.4) is 0 Å². The molecule has 0 spiro atoms. The molecule has 3 aromatic rings. The fourth-order valence-electron chi connectivity index (χ4n) is 1.95. The van der Waals surface area contributed by atoms with Crippen molar-refractivity contribution in [2.45, 2.75) is 0 Å². The van der Waals surface area contributed by atoms with Crippen molar-refractivity contribution in [3.05, 3.63) is 67.0 Å². The Bertz CT molecular complexity index is 766. The van der Waals surface area contributed by atoms with Crippen molar-refractivity contribution in [2.75, 3.05) is 10.6 Å². The van der Waals surface area contributed by atoms with Crippen molar-refractivity contribution in [3.63, 3.8) is 0 Å². The van der Waals surface area contributed by atoms with E-state index in [0.717, 1.165) is 5.69 Å². The predicted octanol–water partition coefficient (Wildman–Crippen LogP) is 3.22. The highest BCUT2D eigenvalue weighted by Gasteiger charge is 2.05. The third-order valence-corrected chi connectivity index (χ3v) is 2.99. The molecule has 0 aliphatic heterocycles. The number of nitrogens with one attached hydrogen (secondary N) is 2. The van der Waals surface area contributed by atoms with E-state index >= 15 is 0 Å². The lowest BCUT2D eigenvalue weighted by Gasteiger charge is -2.05. The molecular weight excluding hydrogens is 280 g/mol. The van der Waals surface area contributed by atoms with Crippen molar-refractivity contribution in [1.29, 1.82) is 0 Å². The number of aromatic nitrogens is 2. The van der Waals surface area contributed by atoms with E-state index in [4.69, 9.17) is 0 Å². The summed E-state index contributed by atoms with van der Waals surface area (Å²) in [5.74, 6) is 0.148. The van der Waals surface area contributed by atoms with E-state index in [0.29, 0.717) is 11.4 Å². The summed E-state index contributed by atoms with van der Waals surface area (Å²) in [6.45, 7) is 0. The maximum absolute atomic E-state index is 11.9. The Morgan fingerprint density at radius 3 is 2.36 bits per heavy atom. The lowest BCUT2D eigenvalue weighted by molar-refractivity contribution is 0.262. The Balaban J connectivity index is 1.65. The minimum absolute atomic E-state index is 0.148. The van der Waals surface area contributed by atoms with Crippen LogP contribution in [0.15, 0.2) is 67.0 Å². The predicted molar refractivity (Wildman–Crippen MR) is 84.3 cm³/mol. The quantitative estimate of drug-likeness (QED) is 0.649. The third kappa shape index (κ3) is 3.24. The van der Waals surface area contributed by atoms with Crippen LogP contribution in [0.4, 0.5) is 16.2 Å². The Kier molecular flexibility index (Phi) is 3.74. The zero-order chi connectivity index (χ0) is 15.4. The van der Waals surface area contributed by atoms with Gasteiger partial charge >= 0.3 is 6.03 Å². The van der Waals surface area contributed by atoms with Gasteiger partial charge in [0.25, 0.3) is 0 Å². The standard InChI is InChI=1S/C16H14N4O2/c21-15-8-6-12(7-9-15)18-16(22)19-13-10-17-20(11-13)14-4-2-1-3-5-14/h1-11,21H,(H2,18,19,22). The number of para-hydroxylation sites is 1. The largest absolute Gasteiger partial charge is 0.508 e. The third-order valence-electron chi connectivity index (χ3n) is 2.99. The van der Waals surface area contributed by atoms with Crippen molar-refractivity contribution in [2.24, 2.45) is 0 Å². The summed E-state index contributed by atoms with van der Waals surface area (Å²) in [4.78, 5) is 11.9. The van der Waals surface area contributed by atoms with Gasteiger partial charge in [-0.3, -0.25) is 0 Å². The number of carbonyl (C=O) groups excluding carboxylic acids is 1. The molecule has 0 radical (unpaired) electrons. The molecule has 3 N–H and O–H groups in total. The summed E-state index contributed by atoms with van der Waals surface area (Å²) in [6, 6.07) is 15.5. The molecule has 0 unspecified atom stereocenters. The van der Waals surface area contributed by atoms with Crippen LogP contribution in [-0.4, -0.2) is 20.9 Å². The number of phenols is 1. The van der Waals surface area contributed by atoms with Gasteiger partial charge < -0.3 is 15.7 Å². The van der Waals surface area contributed by atoms with Crippen molar-refractivity contribution in [1.82, 2.24) is 9.78 Å². The minimum atomic E-state index is -0.377. The molecule has 0 atom stereocenters. The summed E-state index contributed by atoms with van der Waals surface area (Å²) in [5.41, 5.74) is 2.08. The summed E-state index contributed by atoms with van der Waals surface area (Å²) in [6.07, 6.45) is 3.30. The van der Waals surface area contributed by atoms with Gasteiger partial charge in [-0.1, -0.05) is 18.2 Å². The molecule has 0 aliphatic rings. The molecule has 3 rings (SSSR count). The van der Waals surface area contributed by atoms with E-state index in [-0.39, 0.29) is 11.8 Å². The van der Waals surface area contributed by atoms with Crippen LogP contribution in [0.1, 0.15) is 0 Å². The van der Waals surface area contributed by atoms with Crippen molar-refractivity contribution < 1.29 is 9.90 Å². The molecule has 2 amide bonds. The first-order valence-electron chi connectivity index (χ1n) is 6.68. The number of nitrogens with zero attached hydrogens (tertiary/aromatic N) is 2. The van der Waals surface area contributed by atoms with Gasteiger partial charge in [-0.05, 0) is 36.4 Å². The van der Waals surface area contributed by atoms with E-state index in [9.17, 15) is 9.90 Å². The van der Waals surface area contributed by atoms with Crippen molar-refractivity contribution >= 4 is 17.4 Å². The number of benzene rings is 2. The second-order valence-electron chi connectivity index (χ2n) is 4.64. The van der Waals surface area contributed by atoms with Gasteiger partial charge in [0.05, 0.1) is 23.8 Å². The molecule has 0 saturated heterocycles. The van der Waals surface area contributed by atoms with E-state index in [1.807, 2.05) is 30.3 Å². The van der Waals surface area contributed by atoms with Gasteiger partial charge in [0.1, 0.15) is 5.75 Å². The lowest BCUT2D eigenvalue weighted by atomic mass is 10.3. The fourth-order valence-corrected chi connectivity index (χ4v) is 1.95. The molecule has 1 aromatic heterocycles. The Hall–Kier alpha value is -3.28. The van der Waals surface area contributed by atoms with Crippen LogP contribution in [0.25, 0.3) is 5.69 Å². The molecule has 6 heteroatoms. The highest BCUT2D eigenvalue weighted by molar-refractivity contribution is 5.99. The van der Waals surface area contributed by atoms with Gasteiger partial charge in [0.2, 0.25) is 0 Å². The summed E-state index contributed by atoms with van der Waals surface area (Å²) >= 11 is 0. The number of hydrogen-bond donors (Lipinski definition) is 3. The first kappa shape index (κ1) is 13.7. The molecule has 0 fully saturated rings. The fraction of sp³-hybridized carbons (Fsp3) is 0. The van der Waals surface area contributed by atoms with Gasteiger partial charge in [-0.25, -0.2) is 9.48 Å². The minimum Gasteiger partial charge on any atom is -0.508 e. The van der Waals surface area contributed by atoms with Crippen LogP contribution in [-0.2, 0) is 0 Å². The van der Waals surface area contributed by atoms with Crippen LogP contribution >= 0.6 is 0 Å². The van der Waals surface area contributed by atoms with Gasteiger partial charge in [0.15, 0.2) is 0 Å². The number of rotatable bonds is 3. The zero-order valence-corrected chi connectivity index (χ0v) is 11.6. The number of anilines is 2. The van der Waals surface area contributed by atoms with Crippen LogP contribution in [0, 0.1) is 0 Å². The number of aromatic hydroxyl groups is 1. The Morgan fingerprint density at radius 2 is 1.64 bits per heavy atom. The number of hydrogen-bond acceptors (Lipinski definition) is 3. The molecule has 0 aliphatic carbocycles. The average Bonchev–Trinajstić information content (AvgIpc) is 2.99. The van der Waals surface area contributed by atoms with Crippen LogP contribution in [0.5, 0.6) is 5.75 Å². The Labute approximate surface area is 127 Å². The maximum atomic E-state index is 11.9. The molecule has 110 valence electrons. The highest BCUT2D eigenvalue weighted by atomic mass is 16.3. The average molecular weight is 294 g/mol. The van der Waals surface area contributed by atoms with E-state index in [1.54, 1.807) is 29.2 Å². The maximum Gasteiger partial charge on any atom is 0.323 e. The van der Waals surface area contributed by atoms with E-state index in [2.05, 4.69) is 15.7 Å². The second kappa shape index (κ2) is 6.01. The van der Waals surface area contributed by atoms with Gasteiger partial charge in [0, 0.05) is 5.69 Å². The molecule has 6 nitrogen and oxygen atoms in total. The normalized spacial score (nSPS) is 10.2. The molecule has 22 heavy (non-hydrogen) atoms. The number of phenolic OH excluding ortho intramolecular Hbond substituents is 1. The first-order chi connectivity index (χ1) is 10.7. The lowest BCUT2D eigenvalue weighted by Crippen LogP contribution is -2.18. The molecule has 2 aromatic carbocycles. The smallest absolute Gasteiger partial charge is 0.323 e. The second-order valence-corrected chi connectivity index (χ2v) is 4.64. The van der Waals surface area contributed by atoms with Gasteiger partial charge in [-0.2, -0.15) is 5.10 Å². The van der Waals surface area contributed by atoms with E-state index in [1.165, 1.54) is 12.1 Å². The number of carbonyl (C=O) groups is 1. The topological polar surface area (TPSA) is 79.2 Å². The van der Waals surface area contributed by atoms with Gasteiger partial charge in [-0.15, -0.1) is 0 Å².